The number of carbonyl (C=O) groups is 1. The van der Waals surface area contributed by atoms with Crippen LogP contribution in [-0.4, -0.2) is 34.0 Å². The van der Waals surface area contributed by atoms with Gasteiger partial charge < -0.3 is 15.4 Å². The molecule has 22 heavy (non-hydrogen) atoms. The number of Topliss-reactive ketones (excluding diaryl/α,β-unsaturated/α-hetero) is 1. The third kappa shape index (κ3) is 2.58. The minimum atomic E-state index is 0.0287. The lowest BCUT2D eigenvalue weighted by atomic mass is 9.96. The number of fused-ring (bicyclic) bond motifs is 1. The highest BCUT2D eigenvalue weighted by molar-refractivity contribution is 6.05. The van der Waals surface area contributed by atoms with Crippen LogP contribution in [0.1, 0.15) is 17.3 Å². The summed E-state index contributed by atoms with van der Waals surface area (Å²) in [6.45, 7) is 2.02. The fourth-order valence-corrected chi connectivity index (χ4v) is 2.56. The number of pyridine rings is 1. The Labute approximate surface area is 128 Å². The molecule has 0 radical (unpaired) electrons. The topological polar surface area (TPSA) is 78.0 Å². The van der Waals surface area contributed by atoms with Gasteiger partial charge in [-0.25, -0.2) is 4.98 Å². The normalized spacial score (nSPS) is 10.8. The second-order valence-electron chi connectivity index (χ2n) is 5.05. The van der Waals surface area contributed by atoms with E-state index in [9.17, 15) is 4.79 Å². The Hall–Kier alpha value is -2.66. The number of anilines is 1. The Morgan fingerprint density at radius 1 is 1.27 bits per heavy atom. The van der Waals surface area contributed by atoms with Crippen molar-refractivity contribution in [2.45, 2.75) is 6.92 Å². The van der Waals surface area contributed by atoms with Gasteiger partial charge in [0.25, 0.3) is 0 Å². The van der Waals surface area contributed by atoms with Crippen molar-refractivity contribution in [3.63, 3.8) is 0 Å². The molecule has 3 aromatic rings. The predicted octanol–water partition coefficient (Wildman–Crippen LogP) is 2.84. The second-order valence-corrected chi connectivity index (χ2v) is 5.05. The lowest BCUT2D eigenvalue weighted by Crippen LogP contribution is -2.07. The number of nitrogens with one attached hydrogen (secondary N) is 2. The smallest absolute Gasteiger partial charge is 0.160 e. The third-order valence-electron chi connectivity index (χ3n) is 3.54. The van der Waals surface area contributed by atoms with Crippen LogP contribution in [0.5, 0.6) is 0 Å². The summed E-state index contributed by atoms with van der Waals surface area (Å²) in [6, 6.07) is 11.4. The summed E-state index contributed by atoms with van der Waals surface area (Å²) < 4.78 is 0. The van der Waals surface area contributed by atoms with Crippen molar-refractivity contribution < 1.29 is 9.90 Å². The summed E-state index contributed by atoms with van der Waals surface area (Å²) in [4.78, 5) is 19.5. The Bertz CT molecular complexity index is 824. The average Bonchev–Trinajstić information content (AvgIpc) is 3.00. The highest BCUT2D eigenvalue weighted by atomic mass is 16.3. The lowest BCUT2D eigenvalue weighted by Gasteiger charge is -2.11. The second kappa shape index (κ2) is 5.99. The molecule has 0 atom stereocenters. The van der Waals surface area contributed by atoms with Gasteiger partial charge in [-0.15, -0.1) is 0 Å². The first kappa shape index (κ1) is 14.3. The van der Waals surface area contributed by atoms with Gasteiger partial charge >= 0.3 is 0 Å². The van der Waals surface area contributed by atoms with E-state index in [0.29, 0.717) is 17.9 Å². The van der Waals surface area contributed by atoms with Crippen molar-refractivity contribution in [2.24, 2.45) is 0 Å². The van der Waals surface area contributed by atoms with Crippen molar-refractivity contribution in [3.05, 3.63) is 48.2 Å². The van der Waals surface area contributed by atoms with Crippen LogP contribution in [0.3, 0.4) is 0 Å². The summed E-state index contributed by atoms with van der Waals surface area (Å²) in [5.41, 5.74) is 3.26. The first-order valence-corrected chi connectivity index (χ1v) is 7.14. The summed E-state index contributed by atoms with van der Waals surface area (Å²) >= 11 is 0. The Kier molecular flexibility index (Phi) is 3.89. The van der Waals surface area contributed by atoms with E-state index in [4.69, 9.17) is 5.11 Å². The van der Waals surface area contributed by atoms with E-state index in [1.54, 1.807) is 6.92 Å². The molecule has 2 heterocycles. The van der Waals surface area contributed by atoms with Crippen LogP contribution < -0.4 is 5.32 Å². The molecule has 5 heteroatoms. The molecule has 5 nitrogen and oxygen atoms in total. The number of aliphatic hydroxyl groups is 1. The number of carbonyl (C=O) groups excluding carboxylic acids is 1. The number of H-pyrrole nitrogens is 1. The number of nitrogens with zero attached hydrogens (tertiary/aromatic N) is 1. The van der Waals surface area contributed by atoms with E-state index < -0.39 is 0 Å². The highest BCUT2D eigenvalue weighted by Crippen LogP contribution is 2.32. The zero-order valence-electron chi connectivity index (χ0n) is 12.3. The van der Waals surface area contributed by atoms with Gasteiger partial charge in [-0.1, -0.05) is 24.3 Å². The zero-order chi connectivity index (χ0) is 15.5. The molecular weight excluding hydrogens is 278 g/mol. The van der Waals surface area contributed by atoms with E-state index >= 15 is 0 Å². The van der Waals surface area contributed by atoms with Crippen molar-refractivity contribution in [1.29, 1.82) is 0 Å². The molecule has 0 aliphatic heterocycles. The molecule has 3 rings (SSSR count). The number of aliphatic hydroxyl groups excluding tert-OH is 1. The van der Waals surface area contributed by atoms with E-state index in [1.807, 2.05) is 42.6 Å². The molecule has 0 fully saturated rings. The molecule has 2 aromatic heterocycles. The maximum atomic E-state index is 11.9. The Morgan fingerprint density at radius 2 is 2.09 bits per heavy atom. The van der Waals surface area contributed by atoms with Gasteiger partial charge in [-0.3, -0.25) is 4.79 Å². The Morgan fingerprint density at radius 3 is 2.86 bits per heavy atom. The third-order valence-corrected chi connectivity index (χ3v) is 3.54. The minimum Gasteiger partial charge on any atom is -0.395 e. The van der Waals surface area contributed by atoms with Gasteiger partial charge in [0.15, 0.2) is 5.78 Å². The monoisotopic (exact) mass is 295 g/mol. The molecule has 0 aliphatic rings. The molecule has 0 unspecified atom stereocenters. The standard InChI is InChI=1S/C17H17N3O2/c1-11(22)12-4-2-3-5-13(12)15-10-16(18-8-9-21)20-17-14(15)6-7-19-17/h2-7,10,21H,8-9H2,1H3,(H2,18,19,20). The van der Waals surface area contributed by atoms with Gasteiger partial charge in [0.2, 0.25) is 0 Å². The van der Waals surface area contributed by atoms with Crippen LogP contribution in [-0.2, 0) is 0 Å². The molecule has 0 aliphatic carbocycles. The van der Waals surface area contributed by atoms with Crippen LogP contribution >= 0.6 is 0 Å². The number of hydrogen-bond acceptors (Lipinski definition) is 4. The lowest BCUT2D eigenvalue weighted by molar-refractivity contribution is 0.101. The van der Waals surface area contributed by atoms with Gasteiger partial charge in [-0.2, -0.15) is 0 Å². The first-order valence-electron chi connectivity index (χ1n) is 7.14. The number of aromatic amines is 1. The number of rotatable bonds is 5. The van der Waals surface area contributed by atoms with Gasteiger partial charge in [0.1, 0.15) is 11.5 Å². The van der Waals surface area contributed by atoms with Gasteiger partial charge in [0.05, 0.1) is 6.61 Å². The molecule has 0 spiro atoms. The maximum Gasteiger partial charge on any atom is 0.160 e. The van der Waals surface area contributed by atoms with E-state index in [0.717, 1.165) is 22.2 Å². The highest BCUT2D eigenvalue weighted by Gasteiger charge is 2.13. The fraction of sp³-hybridized carbons (Fsp3) is 0.176. The SMILES string of the molecule is CC(=O)c1ccccc1-c1cc(NCCO)nc2[nH]ccc12. The molecule has 0 saturated heterocycles. The first-order chi connectivity index (χ1) is 10.7. The molecule has 1 aromatic carbocycles. The van der Waals surface area contributed by atoms with Crippen LogP contribution in [0.25, 0.3) is 22.2 Å². The molecule has 0 bridgehead atoms. The molecule has 3 N–H and O–H groups in total. The van der Waals surface area contributed by atoms with Crippen LogP contribution in [0.2, 0.25) is 0 Å². The number of ketones is 1. The quantitative estimate of drug-likeness (QED) is 0.632. The van der Waals surface area contributed by atoms with Crippen LogP contribution in [0.15, 0.2) is 42.6 Å². The minimum absolute atomic E-state index is 0.0287. The summed E-state index contributed by atoms with van der Waals surface area (Å²) in [6.07, 6.45) is 1.83. The molecular formula is C17H17N3O2. The van der Waals surface area contributed by atoms with Gasteiger partial charge in [0, 0.05) is 23.7 Å². The van der Waals surface area contributed by atoms with Crippen molar-refractivity contribution in [2.75, 3.05) is 18.5 Å². The van der Waals surface area contributed by atoms with Crippen LogP contribution in [0, 0.1) is 0 Å². The van der Waals surface area contributed by atoms with E-state index in [-0.39, 0.29) is 12.4 Å². The molecule has 0 amide bonds. The molecule has 0 saturated carbocycles. The Balaban J connectivity index is 2.21. The number of aromatic nitrogens is 2. The zero-order valence-corrected chi connectivity index (χ0v) is 12.3. The predicted molar refractivity (Wildman–Crippen MR) is 87.1 cm³/mol. The van der Waals surface area contributed by atoms with E-state index in [1.165, 1.54) is 0 Å². The summed E-state index contributed by atoms with van der Waals surface area (Å²) in [7, 11) is 0. The van der Waals surface area contributed by atoms with Crippen molar-refractivity contribution >= 4 is 22.6 Å². The van der Waals surface area contributed by atoms with E-state index in [2.05, 4.69) is 15.3 Å². The number of hydrogen-bond donors (Lipinski definition) is 3. The summed E-state index contributed by atoms with van der Waals surface area (Å²) in [5.74, 6) is 0.693. The molecule has 112 valence electrons. The fourth-order valence-electron chi connectivity index (χ4n) is 2.56. The van der Waals surface area contributed by atoms with Crippen LogP contribution in [0.4, 0.5) is 5.82 Å². The number of benzene rings is 1. The average molecular weight is 295 g/mol. The largest absolute Gasteiger partial charge is 0.395 e. The maximum absolute atomic E-state index is 11.9. The van der Waals surface area contributed by atoms with Crippen molar-refractivity contribution in [1.82, 2.24) is 9.97 Å². The van der Waals surface area contributed by atoms with Crippen molar-refractivity contribution in [3.8, 4) is 11.1 Å². The van der Waals surface area contributed by atoms with Gasteiger partial charge in [-0.05, 0) is 30.2 Å². The summed E-state index contributed by atoms with van der Waals surface area (Å²) in [5, 5.41) is 13.0.